The van der Waals surface area contributed by atoms with Crippen LogP contribution < -0.4 is 0 Å². The lowest BCUT2D eigenvalue weighted by molar-refractivity contribution is 0.873. The van der Waals surface area contributed by atoms with Gasteiger partial charge in [-0.1, -0.05) is 108 Å². The van der Waals surface area contributed by atoms with E-state index in [1.165, 1.54) is 0 Å². The molecule has 0 aliphatic rings. The topological polar surface area (TPSA) is 12.4 Å². The Kier molecular flexibility index (Phi) is 6.09. The maximum atomic E-state index is 6.13. The highest BCUT2D eigenvalue weighted by molar-refractivity contribution is 6.31. The number of halogens is 2. The lowest BCUT2D eigenvalue weighted by Gasteiger charge is -2.17. The molecule has 1 nitrogen and oxygen atoms in total. The van der Waals surface area contributed by atoms with Gasteiger partial charge in [-0.05, 0) is 35.4 Å². The van der Waals surface area contributed by atoms with Gasteiger partial charge in [-0.25, -0.2) is 0 Å². The first-order valence-corrected chi connectivity index (χ1v) is 10.2. The van der Waals surface area contributed by atoms with E-state index < -0.39 is 0 Å². The molecule has 0 aliphatic heterocycles. The molecule has 0 saturated carbocycles. The van der Waals surface area contributed by atoms with Gasteiger partial charge in [0.1, 0.15) is 6.04 Å². The Morgan fingerprint density at radius 1 is 0.517 bits per heavy atom. The largest absolute Gasteiger partial charge is 0.271 e. The van der Waals surface area contributed by atoms with Crippen LogP contribution in [0, 0.1) is 0 Å². The van der Waals surface area contributed by atoms with Gasteiger partial charge in [-0.2, -0.15) is 0 Å². The molecule has 29 heavy (non-hydrogen) atoms. The van der Waals surface area contributed by atoms with Crippen LogP contribution >= 0.6 is 23.2 Å². The van der Waals surface area contributed by atoms with Crippen LogP contribution in [0.5, 0.6) is 0 Å². The summed E-state index contributed by atoms with van der Waals surface area (Å²) < 4.78 is 0. The zero-order chi connectivity index (χ0) is 20.1. The average Bonchev–Trinajstić information content (AvgIpc) is 2.77. The molecule has 0 bridgehead atoms. The highest BCUT2D eigenvalue weighted by Crippen LogP contribution is 2.29. The summed E-state index contributed by atoms with van der Waals surface area (Å²) in [6.07, 6.45) is 0. The van der Waals surface area contributed by atoms with Crippen LogP contribution in [-0.2, 0) is 0 Å². The Morgan fingerprint density at radius 2 is 0.966 bits per heavy atom. The quantitative estimate of drug-likeness (QED) is 0.297. The summed E-state index contributed by atoms with van der Waals surface area (Å²) in [6, 6.07) is 36.1. The van der Waals surface area contributed by atoms with Gasteiger partial charge in [-0.15, -0.1) is 0 Å². The average molecular weight is 416 g/mol. The maximum absolute atomic E-state index is 6.13. The molecule has 1 unspecified atom stereocenters. The zero-order valence-corrected chi connectivity index (χ0v) is 17.2. The number of hydrogen-bond acceptors (Lipinski definition) is 1. The molecule has 4 aromatic rings. The van der Waals surface area contributed by atoms with E-state index in [0.29, 0.717) is 10.0 Å². The molecule has 0 fully saturated rings. The molecular weight excluding hydrogens is 397 g/mol. The van der Waals surface area contributed by atoms with Crippen molar-refractivity contribution >= 4 is 28.9 Å². The van der Waals surface area contributed by atoms with Crippen molar-refractivity contribution in [2.45, 2.75) is 6.04 Å². The monoisotopic (exact) mass is 415 g/mol. The number of aliphatic imine (C=N–C) groups is 1. The van der Waals surface area contributed by atoms with Crippen LogP contribution in [0.2, 0.25) is 10.0 Å². The van der Waals surface area contributed by atoms with Crippen LogP contribution in [0.3, 0.4) is 0 Å². The van der Waals surface area contributed by atoms with Crippen LogP contribution in [0.25, 0.3) is 0 Å². The molecule has 0 saturated heterocycles. The molecule has 0 N–H and O–H groups in total. The minimum Gasteiger partial charge on any atom is -0.271 e. The van der Waals surface area contributed by atoms with Crippen molar-refractivity contribution in [3.63, 3.8) is 0 Å². The van der Waals surface area contributed by atoms with Crippen LogP contribution in [0.1, 0.15) is 28.3 Å². The number of benzene rings is 4. The van der Waals surface area contributed by atoms with Crippen molar-refractivity contribution in [1.29, 1.82) is 0 Å². The van der Waals surface area contributed by atoms with Crippen molar-refractivity contribution in [1.82, 2.24) is 0 Å². The van der Waals surface area contributed by atoms with Gasteiger partial charge >= 0.3 is 0 Å². The van der Waals surface area contributed by atoms with Crippen LogP contribution in [0.4, 0.5) is 0 Å². The van der Waals surface area contributed by atoms with Gasteiger partial charge in [0.05, 0.1) is 5.71 Å². The molecule has 1 atom stereocenters. The normalized spacial score (nSPS) is 12.6. The standard InChI is InChI=1S/C26H19Cl2N/c27-23-15-11-21(12-16-23)25(19-7-3-1-4-8-19)29-26(20-9-5-2-6-10-20)22-13-17-24(28)18-14-22/h1-18,25H. The maximum Gasteiger partial charge on any atom is 0.101 e. The molecule has 0 aromatic heterocycles. The summed E-state index contributed by atoms with van der Waals surface area (Å²) in [5.74, 6) is 0. The van der Waals surface area contributed by atoms with E-state index in [1.807, 2.05) is 84.9 Å². The third-order valence-corrected chi connectivity index (χ3v) is 5.23. The molecule has 0 amide bonds. The van der Waals surface area contributed by atoms with E-state index in [0.717, 1.165) is 28.0 Å². The Hall–Kier alpha value is -2.87. The molecule has 0 spiro atoms. The fourth-order valence-electron chi connectivity index (χ4n) is 3.27. The van der Waals surface area contributed by atoms with Crippen molar-refractivity contribution in [3.05, 3.63) is 141 Å². The fraction of sp³-hybridized carbons (Fsp3) is 0.0385. The first-order valence-electron chi connectivity index (χ1n) is 9.40. The van der Waals surface area contributed by atoms with Crippen LogP contribution in [0.15, 0.2) is 114 Å². The first kappa shape index (κ1) is 19.4. The molecule has 142 valence electrons. The van der Waals surface area contributed by atoms with Crippen LogP contribution in [-0.4, -0.2) is 5.71 Å². The summed E-state index contributed by atoms with van der Waals surface area (Å²) in [5, 5.41) is 1.42. The van der Waals surface area contributed by atoms with Gasteiger partial charge in [0.2, 0.25) is 0 Å². The fourth-order valence-corrected chi connectivity index (χ4v) is 3.52. The molecule has 0 heterocycles. The van der Waals surface area contributed by atoms with E-state index in [2.05, 4.69) is 24.3 Å². The van der Waals surface area contributed by atoms with E-state index in [1.54, 1.807) is 0 Å². The summed E-state index contributed by atoms with van der Waals surface area (Å²) in [5.41, 5.74) is 5.21. The minimum absolute atomic E-state index is 0.153. The Labute approximate surface area is 181 Å². The van der Waals surface area contributed by atoms with Gasteiger partial charge in [0.25, 0.3) is 0 Å². The predicted molar refractivity (Wildman–Crippen MR) is 123 cm³/mol. The smallest absolute Gasteiger partial charge is 0.101 e. The van der Waals surface area contributed by atoms with Gasteiger partial charge < -0.3 is 0 Å². The molecule has 0 radical (unpaired) electrons. The van der Waals surface area contributed by atoms with Crippen molar-refractivity contribution in [3.8, 4) is 0 Å². The molecule has 0 aliphatic carbocycles. The zero-order valence-electron chi connectivity index (χ0n) is 15.7. The van der Waals surface area contributed by atoms with E-state index in [-0.39, 0.29) is 6.04 Å². The van der Waals surface area contributed by atoms with Gasteiger partial charge in [0, 0.05) is 21.2 Å². The third kappa shape index (κ3) is 4.76. The van der Waals surface area contributed by atoms with Gasteiger partial charge in [0.15, 0.2) is 0 Å². The minimum atomic E-state index is -0.153. The number of nitrogens with zero attached hydrogens (tertiary/aromatic N) is 1. The van der Waals surface area contributed by atoms with E-state index in [4.69, 9.17) is 28.2 Å². The van der Waals surface area contributed by atoms with E-state index in [9.17, 15) is 0 Å². The highest BCUT2D eigenvalue weighted by atomic mass is 35.5. The second-order valence-corrected chi connectivity index (χ2v) is 7.59. The van der Waals surface area contributed by atoms with Crippen molar-refractivity contribution in [2.75, 3.05) is 0 Å². The summed E-state index contributed by atoms with van der Waals surface area (Å²) in [6.45, 7) is 0. The Bertz CT molecular complexity index is 1090. The number of rotatable bonds is 5. The SMILES string of the molecule is Clc1ccc(C(=NC(c2ccccc2)c2ccc(Cl)cc2)c2ccccc2)cc1. The lowest BCUT2D eigenvalue weighted by atomic mass is 9.97. The lowest BCUT2D eigenvalue weighted by Crippen LogP contribution is -2.08. The summed E-state index contributed by atoms with van der Waals surface area (Å²) >= 11 is 12.2. The summed E-state index contributed by atoms with van der Waals surface area (Å²) in [7, 11) is 0. The first-order chi connectivity index (χ1) is 14.2. The van der Waals surface area contributed by atoms with Gasteiger partial charge in [-0.3, -0.25) is 4.99 Å². The van der Waals surface area contributed by atoms with Crippen molar-refractivity contribution in [2.24, 2.45) is 4.99 Å². The number of hydrogen-bond donors (Lipinski definition) is 0. The predicted octanol–water partition coefficient (Wildman–Crippen LogP) is 7.62. The van der Waals surface area contributed by atoms with E-state index >= 15 is 0 Å². The molecule has 4 aromatic carbocycles. The molecule has 4 rings (SSSR count). The third-order valence-electron chi connectivity index (χ3n) is 4.72. The van der Waals surface area contributed by atoms with Crippen molar-refractivity contribution < 1.29 is 0 Å². The summed E-state index contributed by atoms with van der Waals surface area (Å²) in [4.78, 5) is 5.25. The molecule has 3 heteroatoms. The Balaban J connectivity index is 1.90. The molecular formula is C26H19Cl2N. The second kappa shape index (κ2) is 9.09. The highest BCUT2D eigenvalue weighted by Gasteiger charge is 2.16. The Morgan fingerprint density at radius 3 is 1.55 bits per heavy atom. The second-order valence-electron chi connectivity index (χ2n) is 6.72.